The molecule has 120 valence electrons. The van der Waals surface area contributed by atoms with E-state index in [0.717, 1.165) is 0 Å². The molecular formula is C14H18N2O5S. The summed E-state index contributed by atoms with van der Waals surface area (Å²) in [6.45, 7) is 0.398. The van der Waals surface area contributed by atoms with E-state index in [1.54, 1.807) is 0 Å². The van der Waals surface area contributed by atoms with E-state index in [4.69, 9.17) is 5.73 Å². The number of sulfonamides is 1. The molecule has 7 nitrogen and oxygen atoms in total. The fraction of sp³-hybridized carbons (Fsp3) is 0.429. The third kappa shape index (κ3) is 3.28. The van der Waals surface area contributed by atoms with Gasteiger partial charge in [-0.1, -0.05) is 6.07 Å². The highest BCUT2D eigenvalue weighted by Crippen LogP contribution is 2.24. The van der Waals surface area contributed by atoms with E-state index in [2.05, 4.69) is 4.74 Å². The molecule has 1 atom stereocenters. The van der Waals surface area contributed by atoms with Crippen LogP contribution >= 0.6 is 0 Å². The molecule has 0 aromatic heterocycles. The van der Waals surface area contributed by atoms with Crippen molar-refractivity contribution in [2.24, 2.45) is 11.7 Å². The fourth-order valence-electron chi connectivity index (χ4n) is 2.44. The molecule has 1 aromatic rings. The van der Waals surface area contributed by atoms with Crippen LogP contribution in [0.25, 0.3) is 0 Å². The zero-order chi connectivity index (χ0) is 16.3. The summed E-state index contributed by atoms with van der Waals surface area (Å²) in [5, 5.41) is 0. The number of methoxy groups -OCH3 is 1. The van der Waals surface area contributed by atoms with Gasteiger partial charge in [-0.15, -0.1) is 0 Å². The van der Waals surface area contributed by atoms with Gasteiger partial charge in [-0.05, 0) is 31.0 Å². The number of amides is 1. The predicted octanol–water partition coefficient (Wildman–Crippen LogP) is 0.359. The normalized spacial score (nSPS) is 19.6. The second-order valence-electron chi connectivity index (χ2n) is 5.12. The van der Waals surface area contributed by atoms with E-state index >= 15 is 0 Å². The first-order chi connectivity index (χ1) is 10.4. The number of benzene rings is 1. The zero-order valence-electron chi connectivity index (χ0n) is 12.2. The number of carbonyl (C=O) groups is 2. The SMILES string of the molecule is COC(=O)c1cccc(S(=O)(=O)N2CCCC(C(N)=O)C2)c1. The van der Waals surface area contributed by atoms with Gasteiger partial charge in [0.1, 0.15) is 0 Å². The molecule has 22 heavy (non-hydrogen) atoms. The number of nitrogens with two attached hydrogens (primary N) is 1. The summed E-state index contributed by atoms with van der Waals surface area (Å²) in [5.41, 5.74) is 5.43. The highest BCUT2D eigenvalue weighted by atomic mass is 32.2. The molecule has 0 radical (unpaired) electrons. The van der Waals surface area contributed by atoms with Crippen molar-refractivity contribution in [2.45, 2.75) is 17.7 Å². The number of hydrogen-bond donors (Lipinski definition) is 1. The van der Waals surface area contributed by atoms with Crippen molar-refractivity contribution in [2.75, 3.05) is 20.2 Å². The number of hydrogen-bond acceptors (Lipinski definition) is 5. The van der Waals surface area contributed by atoms with E-state index in [0.29, 0.717) is 19.4 Å². The van der Waals surface area contributed by atoms with E-state index in [1.807, 2.05) is 0 Å². The Hall–Kier alpha value is -1.93. The number of esters is 1. The van der Waals surface area contributed by atoms with Gasteiger partial charge in [0.25, 0.3) is 0 Å². The number of rotatable bonds is 4. The number of ether oxygens (including phenoxy) is 1. The van der Waals surface area contributed by atoms with Crippen molar-refractivity contribution in [3.63, 3.8) is 0 Å². The Bertz CT molecular complexity index is 686. The van der Waals surface area contributed by atoms with Crippen LogP contribution in [0.2, 0.25) is 0 Å². The summed E-state index contributed by atoms with van der Waals surface area (Å²) in [5.74, 6) is -1.58. The standard InChI is InChI=1S/C14H18N2O5S/c1-21-14(18)10-4-2-6-12(8-10)22(19,20)16-7-3-5-11(9-16)13(15)17/h2,4,6,8,11H,3,5,7,9H2,1H3,(H2,15,17). The van der Waals surface area contributed by atoms with E-state index in [-0.39, 0.29) is 17.0 Å². The lowest BCUT2D eigenvalue weighted by molar-refractivity contribution is -0.122. The Morgan fingerprint density at radius 2 is 2.09 bits per heavy atom. The molecule has 1 aliphatic heterocycles. The number of carbonyl (C=O) groups excluding carboxylic acids is 2. The predicted molar refractivity (Wildman–Crippen MR) is 78.5 cm³/mol. The Morgan fingerprint density at radius 3 is 2.73 bits per heavy atom. The second-order valence-corrected chi connectivity index (χ2v) is 7.06. The highest BCUT2D eigenvalue weighted by Gasteiger charge is 2.32. The maximum absolute atomic E-state index is 12.6. The van der Waals surface area contributed by atoms with Gasteiger partial charge in [0.15, 0.2) is 0 Å². The smallest absolute Gasteiger partial charge is 0.337 e. The van der Waals surface area contributed by atoms with E-state index < -0.39 is 27.8 Å². The largest absolute Gasteiger partial charge is 0.465 e. The van der Waals surface area contributed by atoms with Gasteiger partial charge in [-0.2, -0.15) is 4.31 Å². The van der Waals surface area contributed by atoms with Gasteiger partial charge in [-0.3, -0.25) is 4.79 Å². The Balaban J connectivity index is 2.30. The van der Waals surface area contributed by atoms with E-state index in [1.165, 1.54) is 35.7 Å². The van der Waals surface area contributed by atoms with Gasteiger partial charge in [0, 0.05) is 13.1 Å². The van der Waals surface area contributed by atoms with Gasteiger partial charge in [-0.25, -0.2) is 13.2 Å². The van der Waals surface area contributed by atoms with Gasteiger partial charge in [0.05, 0.1) is 23.5 Å². The topological polar surface area (TPSA) is 107 Å². The zero-order valence-corrected chi connectivity index (χ0v) is 13.0. The summed E-state index contributed by atoms with van der Waals surface area (Å²) >= 11 is 0. The molecule has 1 saturated heterocycles. The van der Waals surface area contributed by atoms with Crippen molar-refractivity contribution < 1.29 is 22.7 Å². The molecule has 1 heterocycles. The van der Waals surface area contributed by atoms with Crippen LogP contribution in [-0.2, 0) is 19.6 Å². The van der Waals surface area contributed by atoms with Crippen molar-refractivity contribution in [1.82, 2.24) is 4.31 Å². The summed E-state index contributed by atoms with van der Waals surface area (Å²) in [6.07, 6.45) is 1.16. The molecule has 1 fully saturated rings. The second kappa shape index (κ2) is 6.45. The van der Waals surface area contributed by atoms with Gasteiger partial charge in [0.2, 0.25) is 15.9 Å². The summed E-state index contributed by atoms with van der Waals surface area (Å²) < 4.78 is 31.1. The van der Waals surface area contributed by atoms with Crippen LogP contribution in [0, 0.1) is 5.92 Å². The minimum Gasteiger partial charge on any atom is -0.465 e. The average molecular weight is 326 g/mol. The quantitative estimate of drug-likeness (QED) is 0.804. The summed E-state index contributed by atoms with van der Waals surface area (Å²) in [4.78, 5) is 22.8. The Kier molecular flexibility index (Phi) is 4.82. The van der Waals surface area contributed by atoms with Gasteiger partial charge >= 0.3 is 5.97 Å². The third-order valence-electron chi connectivity index (χ3n) is 3.68. The molecule has 8 heteroatoms. The average Bonchev–Trinajstić information content (AvgIpc) is 2.54. The lowest BCUT2D eigenvalue weighted by atomic mass is 9.99. The lowest BCUT2D eigenvalue weighted by Crippen LogP contribution is -2.44. The van der Waals surface area contributed by atoms with Crippen molar-refractivity contribution in [3.05, 3.63) is 29.8 Å². The first-order valence-corrected chi connectivity index (χ1v) is 8.28. The molecule has 1 unspecified atom stereocenters. The first kappa shape index (κ1) is 16.4. The monoisotopic (exact) mass is 326 g/mol. The minimum atomic E-state index is -3.77. The van der Waals surface area contributed by atoms with Crippen LogP contribution in [-0.4, -0.2) is 44.8 Å². The highest BCUT2D eigenvalue weighted by molar-refractivity contribution is 7.89. The van der Waals surface area contributed by atoms with Crippen LogP contribution in [0.15, 0.2) is 29.2 Å². The summed E-state index contributed by atoms with van der Waals surface area (Å²) in [6, 6.07) is 5.65. The molecule has 2 N–H and O–H groups in total. The van der Waals surface area contributed by atoms with Crippen LogP contribution in [0.1, 0.15) is 23.2 Å². The molecule has 0 spiro atoms. The van der Waals surface area contributed by atoms with E-state index in [9.17, 15) is 18.0 Å². The molecular weight excluding hydrogens is 308 g/mol. The maximum Gasteiger partial charge on any atom is 0.337 e. The van der Waals surface area contributed by atoms with Crippen LogP contribution < -0.4 is 5.73 Å². The number of nitrogens with zero attached hydrogens (tertiary/aromatic N) is 1. The molecule has 0 aliphatic carbocycles. The molecule has 1 amide bonds. The molecule has 0 bridgehead atoms. The van der Waals surface area contributed by atoms with Crippen molar-refractivity contribution in [1.29, 1.82) is 0 Å². The first-order valence-electron chi connectivity index (χ1n) is 6.84. The summed E-state index contributed by atoms with van der Waals surface area (Å²) in [7, 11) is -2.55. The van der Waals surface area contributed by atoms with Crippen molar-refractivity contribution >= 4 is 21.9 Å². The molecule has 1 aromatic carbocycles. The Morgan fingerprint density at radius 1 is 1.36 bits per heavy atom. The maximum atomic E-state index is 12.6. The minimum absolute atomic E-state index is 0.000482. The van der Waals surface area contributed by atoms with Crippen molar-refractivity contribution in [3.8, 4) is 0 Å². The third-order valence-corrected chi connectivity index (χ3v) is 5.54. The van der Waals surface area contributed by atoms with Crippen LogP contribution in [0.3, 0.4) is 0 Å². The Labute approximate surface area is 129 Å². The van der Waals surface area contributed by atoms with Crippen LogP contribution in [0.4, 0.5) is 0 Å². The molecule has 2 rings (SSSR count). The molecule has 0 saturated carbocycles. The molecule has 1 aliphatic rings. The number of piperidine rings is 1. The van der Waals surface area contributed by atoms with Gasteiger partial charge < -0.3 is 10.5 Å². The van der Waals surface area contributed by atoms with Crippen LogP contribution in [0.5, 0.6) is 0 Å². The lowest BCUT2D eigenvalue weighted by Gasteiger charge is -2.30. The number of primary amides is 1. The fourth-order valence-corrected chi connectivity index (χ4v) is 4.01.